The van der Waals surface area contributed by atoms with Gasteiger partial charge in [0.1, 0.15) is 0 Å². The molecular formula is C19H23ClN2O. The Morgan fingerprint density at radius 3 is 2.22 bits per heavy atom. The molecule has 0 unspecified atom stereocenters. The molecule has 2 atom stereocenters. The summed E-state index contributed by atoms with van der Waals surface area (Å²) in [5, 5.41) is 6.95. The van der Waals surface area contributed by atoms with Crippen LogP contribution in [0.1, 0.15) is 37.9 Å². The Labute approximate surface area is 143 Å². The molecule has 122 valence electrons. The number of carbonyl (C=O) groups is 1. The Bertz CT molecular complexity index is 637. The minimum atomic E-state index is -0.300. The number of nitrogens with one attached hydrogen (secondary N) is 2. The normalized spacial score (nSPS) is 13.4. The zero-order valence-corrected chi connectivity index (χ0v) is 14.5. The Kier molecular flexibility index (Phi) is 6.20. The lowest BCUT2D eigenvalue weighted by Crippen LogP contribution is -2.39. The van der Waals surface area contributed by atoms with Gasteiger partial charge >= 0.3 is 0 Å². The first-order valence-corrected chi connectivity index (χ1v) is 8.28. The quantitative estimate of drug-likeness (QED) is 0.814. The first-order chi connectivity index (χ1) is 11.0. The fraction of sp³-hybridized carbons (Fsp3) is 0.316. The number of aryl methyl sites for hydroxylation is 1. The summed E-state index contributed by atoms with van der Waals surface area (Å²) in [6.07, 6.45) is 0.991. The van der Waals surface area contributed by atoms with Gasteiger partial charge in [-0.1, -0.05) is 42.8 Å². The zero-order valence-electron chi connectivity index (χ0n) is 13.8. The second kappa shape index (κ2) is 8.14. The molecule has 2 aromatic rings. The Morgan fingerprint density at radius 2 is 1.65 bits per heavy atom. The number of carbonyl (C=O) groups excluding carboxylic acids is 1. The first kappa shape index (κ1) is 17.5. The number of halogens is 1. The SMILES string of the molecule is CCc1ccc(NC(=O)[C@H](C)N[C@@H](C)c2ccc(Cl)cc2)cc1. The van der Waals surface area contributed by atoms with E-state index in [9.17, 15) is 4.79 Å². The number of anilines is 1. The number of hydrogen-bond acceptors (Lipinski definition) is 2. The molecule has 0 heterocycles. The van der Waals surface area contributed by atoms with Gasteiger partial charge in [0.2, 0.25) is 5.91 Å². The second-order valence-corrected chi connectivity index (χ2v) is 6.14. The van der Waals surface area contributed by atoms with Gasteiger partial charge in [0.25, 0.3) is 0 Å². The van der Waals surface area contributed by atoms with Crippen LogP contribution in [0, 0.1) is 0 Å². The molecule has 1 amide bonds. The Balaban J connectivity index is 1.92. The molecule has 0 aliphatic rings. The van der Waals surface area contributed by atoms with Gasteiger partial charge in [-0.2, -0.15) is 0 Å². The van der Waals surface area contributed by atoms with Gasteiger partial charge < -0.3 is 5.32 Å². The molecule has 0 fully saturated rings. The molecule has 0 bridgehead atoms. The molecular weight excluding hydrogens is 308 g/mol. The van der Waals surface area contributed by atoms with E-state index in [-0.39, 0.29) is 18.0 Å². The summed E-state index contributed by atoms with van der Waals surface area (Å²) < 4.78 is 0. The van der Waals surface area contributed by atoms with Crippen LogP contribution in [0.3, 0.4) is 0 Å². The van der Waals surface area contributed by atoms with Gasteiger partial charge in [-0.25, -0.2) is 0 Å². The minimum Gasteiger partial charge on any atom is -0.325 e. The molecule has 0 aliphatic carbocycles. The molecule has 2 rings (SSSR count). The van der Waals surface area contributed by atoms with Crippen LogP contribution < -0.4 is 10.6 Å². The summed E-state index contributed by atoms with van der Waals surface area (Å²) in [6.45, 7) is 6.00. The van der Waals surface area contributed by atoms with Crippen molar-refractivity contribution in [2.75, 3.05) is 5.32 Å². The van der Waals surface area contributed by atoms with E-state index in [1.165, 1.54) is 5.56 Å². The van der Waals surface area contributed by atoms with E-state index in [1.807, 2.05) is 62.4 Å². The van der Waals surface area contributed by atoms with E-state index in [4.69, 9.17) is 11.6 Å². The highest BCUT2D eigenvalue weighted by molar-refractivity contribution is 6.30. The van der Waals surface area contributed by atoms with E-state index in [0.717, 1.165) is 17.7 Å². The van der Waals surface area contributed by atoms with Crippen molar-refractivity contribution in [3.63, 3.8) is 0 Å². The van der Waals surface area contributed by atoms with Gasteiger partial charge in [-0.05, 0) is 55.7 Å². The van der Waals surface area contributed by atoms with Crippen molar-refractivity contribution in [3.8, 4) is 0 Å². The molecule has 2 N–H and O–H groups in total. The molecule has 4 heteroatoms. The summed E-state index contributed by atoms with van der Waals surface area (Å²) in [5.41, 5.74) is 3.17. The number of hydrogen-bond donors (Lipinski definition) is 2. The molecule has 0 spiro atoms. The topological polar surface area (TPSA) is 41.1 Å². The van der Waals surface area contributed by atoms with Crippen LogP contribution in [0.25, 0.3) is 0 Å². The standard InChI is InChI=1S/C19H23ClN2O/c1-4-15-5-11-18(12-6-15)22-19(23)14(3)21-13(2)16-7-9-17(20)10-8-16/h5-14,21H,4H2,1-3H3,(H,22,23)/t13-,14-/m0/s1. The molecule has 0 aromatic heterocycles. The molecule has 3 nitrogen and oxygen atoms in total. The van der Waals surface area contributed by atoms with Gasteiger partial charge in [-0.15, -0.1) is 0 Å². The van der Waals surface area contributed by atoms with Crippen molar-refractivity contribution in [1.29, 1.82) is 0 Å². The fourth-order valence-corrected chi connectivity index (χ4v) is 2.50. The summed E-state index contributed by atoms with van der Waals surface area (Å²) in [7, 11) is 0. The third kappa shape index (κ3) is 5.08. The minimum absolute atomic E-state index is 0.0462. The maximum Gasteiger partial charge on any atom is 0.241 e. The Morgan fingerprint density at radius 1 is 1.04 bits per heavy atom. The molecule has 23 heavy (non-hydrogen) atoms. The average Bonchev–Trinajstić information content (AvgIpc) is 2.56. The van der Waals surface area contributed by atoms with E-state index in [1.54, 1.807) is 0 Å². The molecule has 0 saturated carbocycles. The lowest BCUT2D eigenvalue weighted by atomic mass is 10.1. The molecule has 0 aliphatic heterocycles. The third-order valence-electron chi connectivity index (χ3n) is 3.89. The van der Waals surface area contributed by atoms with E-state index in [2.05, 4.69) is 17.6 Å². The number of amides is 1. The lowest BCUT2D eigenvalue weighted by Gasteiger charge is -2.20. The lowest BCUT2D eigenvalue weighted by molar-refractivity contribution is -0.117. The predicted octanol–water partition coefficient (Wildman–Crippen LogP) is 4.58. The Hall–Kier alpha value is -1.84. The monoisotopic (exact) mass is 330 g/mol. The smallest absolute Gasteiger partial charge is 0.241 e. The summed E-state index contributed by atoms with van der Waals surface area (Å²) >= 11 is 5.90. The maximum atomic E-state index is 12.3. The summed E-state index contributed by atoms with van der Waals surface area (Å²) in [5.74, 6) is -0.0462. The fourth-order valence-electron chi connectivity index (χ4n) is 2.37. The van der Waals surface area contributed by atoms with Crippen molar-refractivity contribution in [2.24, 2.45) is 0 Å². The summed E-state index contributed by atoms with van der Waals surface area (Å²) in [6, 6.07) is 15.3. The highest BCUT2D eigenvalue weighted by Gasteiger charge is 2.16. The molecule has 0 radical (unpaired) electrons. The van der Waals surface area contributed by atoms with Crippen LogP contribution in [0.5, 0.6) is 0 Å². The average molecular weight is 331 g/mol. The highest BCUT2D eigenvalue weighted by Crippen LogP contribution is 2.17. The van der Waals surface area contributed by atoms with Crippen LogP contribution in [0.15, 0.2) is 48.5 Å². The van der Waals surface area contributed by atoms with E-state index < -0.39 is 0 Å². The van der Waals surface area contributed by atoms with Crippen LogP contribution in [-0.2, 0) is 11.2 Å². The van der Waals surface area contributed by atoms with Crippen molar-refractivity contribution < 1.29 is 4.79 Å². The van der Waals surface area contributed by atoms with Crippen LogP contribution in [0.2, 0.25) is 5.02 Å². The van der Waals surface area contributed by atoms with Crippen LogP contribution in [-0.4, -0.2) is 11.9 Å². The highest BCUT2D eigenvalue weighted by atomic mass is 35.5. The van der Waals surface area contributed by atoms with Gasteiger partial charge in [0.15, 0.2) is 0 Å². The van der Waals surface area contributed by atoms with Crippen LogP contribution >= 0.6 is 11.6 Å². The van der Waals surface area contributed by atoms with Gasteiger partial charge in [0.05, 0.1) is 6.04 Å². The largest absolute Gasteiger partial charge is 0.325 e. The van der Waals surface area contributed by atoms with E-state index in [0.29, 0.717) is 5.02 Å². The molecule has 0 saturated heterocycles. The van der Waals surface area contributed by atoms with Crippen molar-refractivity contribution in [2.45, 2.75) is 39.3 Å². The van der Waals surface area contributed by atoms with E-state index >= 15 is 0 Å². The van der Waals surface area contributed by atoms with Crippen molar-refractivity contribution in [3.05, 3.63) is 64.7 Å². The zero-order chi connectivity index (χ0) is 16.8. The third-order valence-corrected chi connectivity index (χ3v) is 4.14. The van der Waals surface area contributed by atoms with Gasteiger partial charge in [0, 0.05) is 16.8 Å². The maximum absolute atomic E-state index is 12.3. The van der Waals surface area contributed by atoms with Crippen LogP contribution in [0.4, 0.5) is 5.69 Å². The van der Waals surface area contributed by atoms with Crippen molar-refractivity contribution in [1.82, 2.24) is 5.32 Å². The summed E-state index contributed by atoms with van der Waals surface area (Å²) in [4.78, 5) is 12.3. The first-order valence-electron chi connectivity index (χ1n) is 7.91. The number of benzene rings is 2. The van der Waals surface area contributed by atoms with Crippen molar-refractivity contribution >= 4 is 23.2 Å². The molecule has 2 aromatic carbocycles. The number of rotatable bonds is 6. The van der Waals surface area contributed by atoms with Gasteiger partial charge in [-0.3, -0.25) is 10.1 Å². The second-order valence-electron chi connectivity index (χ2n) is 5.70. The predicted molar refractivity (Wildman–Crippen MR) is 96.9 cm³/mol.